The number of nitrogens with one attached hydrogen (secondary N) is 1. The van der Waals surface area contributed by atoms with Crippen molar-refractivity contribution in [3.8, 4) is 17.2 Å². The summed E-state index contributed by atoms with van der Waals surface area (Å²) in [7, 11) is 1.57. The summed E-state index contributed by atoms with van der Waals surface area (Å²) in [4.78, 5) is 38.9. The zero-order valence-electron chi connectivity index (χ0n) is 16.7. The summed E-state index contributed by atoms with van der Waals surface area (Å²) in [6.07, 6.45) is 0. The van der Waals surface area contributed by atoms with Gasteiger partial charge in [-0.15, -0.1) is 10.2 Å². The van der Waals surface area contributed by atoms with Crippen LogP contribution >= 0.6 is 11.8 Å². The van der Waals surface area contributed by atoms with E-state index in [4.69, 9.17) is 14.9 Å². The van der Waals surface area contributed by atoms with E-state index in [1.54, 1.807) is 31.4 Å². The van der Waals surface area contributed by atoms with E-state index >= 15 is 0 Å². The minimum Gasteiger partial charge on any atom is -0.497 e. The van der Waals surface area contributed by atoms with E-state index in [-0.39, 0.29) is 40.7 Å². The molecule has 10 nitrogen and oxygen atoms in total. The van der Waals surface area contributed by atoms with Gasteiger partial charge in [-0.25, -0.2) is 4.79 Å². The van der Waals surface area contributed by atoms with Crippen LogP contribution in [-0.2, 0) is 6.54 Å². The van der Waals surface area contributed by atoms with Crippen molar-refractivity contribution < 1.29 is 13.9 Å². The second kappa shape index (κ2) is 8.99. The Morgan fingerprint density at radius 1 is 1.27 bits per heavy atom. The third-order valence-electron chi connectivity index (χ3n) is 4.14. The lowest BCUT2D eigenvalue weighted by Gasteiger charge is -2.13. The molecule has 3 aromatic rings. The summed E-state index contributed by atoms with van der Waals surface area (Å²) in [6.45, 7) is 4.07. The predicted octanol–water partition coefficient (Wildman–Crippen LogP) is 1.81. The minimum absolute atomic E-state index is 0.1000. The average Bonchev–Trinajstić information content (AvgIpc) is 3.18. The van der Waals surface area contributed by atoms with Crippen molar-refractivity contribution in [3.05, 3.63) is 50.7 Å². The molecule has 0 fully saturated rings. The van der Waals surface area contributed by atoms with Crippen molar-refractivity contribution in [2.45, 2.75) is 25.6 Å². The fourth-order valence-electron chi connectivity index (χ4n) is 2.72. The first kappa shape index (κ1) is 21.4. The Hall–Kier alpha value is -3.34. The molecule has 3 rings (SSSR count). The Morgan fingerprint density at radius 3 is 2.60 bits per heavy atom. The molecule has 0 saturated carbocycles. The van der Waals surface area contributed by atoms with Gasteiger partial charge in [-0.3, -0.25) is 19.1 Å². The van der Waals surface area contributed by atoms with E-state index in [1.807, 2.05) is 13.8 Å². The summed E-state index contributed by atoms with van der Waals surface area (Å²) < 4.78 is 11.9. The second-order valence-electron chi connectivity index (χ2n) is 6.84. The molecule has 2 aromatic heterocycles. The van der Waals surface area contributed by atoms with Crippen LogP contribution < -0.4 is 21.7 Å². The predicted molar refractivity (Wildman–Crippen MR) is 112 cm³/mol. The Kier molecular flexibility index (Phi) is 6.40. The summed E-state index contributed by atoms with van der Waals surface area (Å²) in [5.41, 5.74) is 4.95. The lowest BCUT2D eigenvalue weighted by atomic mass is 10.2. The lowest BCUT2D eigenvalue weighted by Crippen LogP contribution is -2.37. The van der Waals surface area contributed by atoms with E-state index in [0.717, 1.165) is 11.8 Å². The Morgan fingerprint density at radius 2 is 1.97 bits per heavy atom. The van der Waals surface area contributed by atoms with Gasteiger partial charge in [-0.1, -0.05) is 25.6 Å². The van der Waals surface area contributed by atoms with Crippen molar-refractivity contribution in [1.29, 1.82) is 0 Å². The van der Waals surface area contributed by atoms with Gasteiger partial charge in [0.15, 0.2) is 5.78 Å². The molecule has 0 spiro atoms. The smallest absolute Gasteiger partial charge is 0.329 e. The molecule has 0 bridgehead atoms. The summed E-state index contributed by atoms with van der Waals surface area (Å²) in [5, 5.41) is 8.03. The van der Waals surface area contributed by atoms with Crippen LogP contribution in [0.2, 0.25) is 0 Å². The minimum atomic E-state index is -0.812. The molecule has 11 heteroatoms. The monoisotopic (exact) mass is 431 g/mol. The largest absolute Gasteiger partial charge is 0.497 e. The number of hydrogen-bond donors (Lipinski definition) is 2. The zero-order valence-corrected chi connectivity index (χ0v) is 17.5. The highest BCUT2D eigenvalue weighted by Gasteiger charge is 2.21. The van der Waals surface area contributed by atoms with Gasteiger partial charge in [0, 0.05) is 12.1 Å². The van der Waals surface area contributed by atoms with Gasteiger partial charge >= 0.3 is 5.69 Å². The van der Waals surface area contributed by atoms with Crippen LogP contribution in [0.5, 0.6) is 5.75 Å². The number of benzene rings is 1. The Labute approximate surface area is 175 Å². The fourth-order valence-corrected chi connectivity index (χ4v) is 3.36. The maximum atomic E-state index is 12.6. The number of carbonyl (C=O) groups is 1. The standard InChI is InChI=1S/C19H21N5O5S/c1-10(2)8-24-15(20)14(16(26)21-18(24)27)13(25)9-30-19-23-22-17(29-19)11-4-6-12(28-3)7-5-11/h4-7,10H,8-9,20H2,1-3H3,(H,21,26,27). The van der Waals surface area contributed by atoms with Crippen LogP contribution in [0, 0.1) is 5.92 Å². The highest BCUT2D eigenvalue weighted by Crippen LogP contribution is 2.25. The number of hydrogen-bond acceptors (Lipinski definition) is 9. The number of aromatic amines is 1. The van der Waals surface area contributed by atoms with Crippen molar-refractivity contribution >= 4 is 23.4 Å². The molecule has 158 valence electrons. The normalized spacial score (nSPS) is 11.1. The van der Waals surface area contributed by atoms with E-state index in [0.29, 0.717) is 11.3 Å². The highest BCUT2D eigenvalue weighted by molar-refractivity contribution is 7.99. The van der Waals surface area contributed by atoms with Crippen LogP contribution in [0.15, 0.2) is 43.5 Å². The average molecular weight is 431 g/mol. The molecule has 0 unspecified atom stereocenters. The van der Waals surface area contributed by atoms with E-state index in [9.17, 15) is 14.4 Å². The number of nitrogens with zero attached hydrogens (tertiary/aromatic N) is 3. The molecular formula is C19H21N5O5S. The number of ketones is 1. The number of carbonyl (C=O) groups excluding carboxylic acids is 1. The number of nitrogens with two attached hydrogens (primary N) is 1. The van der Waals surface area contributed by atoms with Crippen LogP contribution in [0.25, 0.3) is 11.5 Å². The highest BCUT2D eigenvalue weighted by atomic mass is 32.2. The van der Waals surface area contributed by atoms with Crippen LogP contribution in [0.1, 0.15) is 24.2 Å². The number of nitrogen functional groups attached to an aromatic ring is 1. The van der Waals surface area contributed by atoms with Crippen LogP contribution in [0.4, 0.5) is 5.82 Å². The van der Waals surface area contributed by atoms with Gasteiger partial charge in [0.25, 0.3) is 10.8 Å². The number of Topliss-reactive ketones (excluding diaryl/α,β-unsaturated/α-hetero) is 1. The number of ether oxygens (including phenoxy) is 1. The van der Waals surface area contributed by atoms with Crippen molar-refractivity contribution in [3.63, 3.8) is 0 Å². The third-order valence-corrected chi connectivity index (χ3v) is 4.95. The number of methoxy groups -OCH3 is 1. The Bertz CT molecular complexity index is 1160. The van der Waals surface area contributed by atoms with Gasteiger partial charge in [0.1, 0.15) is 17.1 Å². The fraction of sp³-hybridized carbons (Fsp3) is 0.316. The second-order valence-corrected chi connectivity index (χ2v) is 7.76. The molecule has 0 aliphatic rings. The van der Waals surface area contributed by atoms with Crippen LogP contribution in [-0.4, -0.2) is 38.4 Å². The molecule has 0 aliphatic carbocycles. The number of thioether (sulfide) groups is 1. The zero-order chi connectivity index (χ0) is 21.8. The Balaban J connectivity index is 1.75. The summed E-state index contributed by atoms with van der Waals surface area (Å²) >= 11 is 0.978. The van der Waals surface area contributed by atoms with Gasteiger partial charge in [-0.05, 0) is 30.2 Å². The van der Waals surface area contributed by atoms with Crippen molar-refractivity contribution in [2.24, 2.45) is 5.92 Å². The number of anilines is 1. The SMILES string of the molecule is COc1ccc(-c2nnc(SCC(=O)c3c(N)n(CC(C)C)c(=O)[nH]c3=O)o2)cc1. The maximum absolute atomic E-state index is 12.6. The van der Waals surface area contributed by atoms with E-state index in [2.05, 4.69) is 15.2 Å². The molecule has 30 heavy (non-hydrogen) atoms. The quantitative estimate of drug-likeness (QED) is 0.402. The molecule has 1 aromatic carbocycles. The molecular weight excluding hydrogens is 410 g/mol. The van der Waals surface area contributed by atoms with Gasteiger partial charge in [-0.2, -0.15) is 0 Å². The van der Waals surface area contributed by atoms with Gasteiger partial charge in [0.2, 0.25) is 5.89 Å². The number of H-pyrrole nitrogens is 1. The summed E-state index contributed by atoms with van der Waals surface area (Å²) in [5.74, 6) is 0.240. The van der Waals surface area contributed by atoms with Crippen LogP contribution in [0.3, 0.4) is 0 Å². The third kappa shape index (κ3) is 4.62. The lowest BCUT2D eigenvalue weighted by molar-refractivity contribution is 0.102. The van der Waals surface area contributed by atoms with E-state index < -0.39 is 17.0 Å². The van der Waals surface area contributed by atoms with E-state index in [1.165, 1.54) is 4.57 Å². The number of aromatic nitrogens is 4. The number of rotatable bonds is 8. The first-order chi connectivity index (χ1) is 14.3. The van der Waals surface area contributed by atoms with Gasteiger partial charge < -0.3 is 14.9 Å². The first-order valence-corrected chi connectivity index (χ1v) is 10.0. The molecule has 0 radical (unpaired) electrons. The molecule has 3 N–H and O–H groups in total. The molecule has 0 saturated heterocycles. The van der Waals surface area contributed by atoms with Crippen molar-refractivity contribution in [1.82, 2.24) is 19.7 Å². The van der Waals surface area contributed by atoms with Crippen molar-refractivity contribution in [2.75, 3.05) is 18.6 Å². The summed E-state index contributed by atoms with van der Waals surface area (Å²) in [6, 6.07) is 7.06. The molecule has 0 amide bonds. The first-order valence-electron chi connectivity index (χ1n) is 9.06. The molecule has 0 aliphatic heterocycles. The molecule has 0 atom stereocenters. The van der Waals surface area contributed by atoms with Gasteiger partial charge in [0.05, 0.1) is 12.9 Å². The topological polar surface area (TPSA) is 146 Å². The molecule has 2 heterocycles. The maximum Gasteiger partial charge on any atom is 0.329 e.